The first-order valence-electron chi connectivity index (χ1n) is 13.6. The number of para-hydroxylation sites is 1. The molecule has 2 aromatic carbocycles. The quantitative estimate of drug-likeness (QED) is 0.230. The van der Waals surface area contributed by atoms with Gasteiger partial charge in [-0.1, -0.05) is 37.8 Å². The number of nitrogen functional groups attached to an aromatic ring is 1. The molecule has 42 heavy (non-hydrogen) atoms. The summed E-state index contributed by atoms with van der Waals surface area (Å²) < 4.78 is 7.85. The van der Waals surface area contributed by atoms with Crippen molar-refractivity contribution in [3.63, 3.8) is 0 Å². The second kappa shape index (κ2) is 12.9. The minimum atomic E-state index is -0.0426. The standard InChI is InChI=1S/C31H30N8O2.CH4/c32-30-28-29(22-13-15-25(16-14-22)41-24-9-2-1-3-10-24)37-39(31(28)36-21-35-30)23-8-7-19-38(20-23)27(40)12-6-18-34-26-11-4-5-17-33-26;/h1-6,9-17,21,23H,7-8,18-20H2,(H,33,34)(H2,32,35,36);1H4/b12-6+;/t23-;/m1./s1. The fourth-order valence-electron chi connectivity index (χ4n) is 5.01. The van der Waals surface area contributed by atoms with Gasteiger partial charge in [-0.2, -0.15) is 5.10 Å². The molecule has 1 fully saturated rings. The third kappa shape index (κ3) is 6.22. The Morgan fingerprint density at radius 1 is 1.00 bits per heavy atom. The molecular weight excluding hydrogens is 528 g/mol. The van der Waals surface area contributed by atoms with Crippen LogP contribution in [0, 0.1) is 0 Å². The maximum atomic E-state index is 13.0. The summed E-state index contributed by atoms with van der Waals surface area (Å²) in [6, 6.07) is 23.0. The van der Waals surface area contributed by atoms with E-state index < -0.39 is 0 Å². The fraction of sp³-hybridized carbons (Fsp3) is 0.219. The first-order chi connectivity index (χ1) is 20.2. The summed E-state index contributed by atoms with van der Waals surface area (Å²) in [7, 11) is 0. The van der Waals surface area contributed by atoms with Crippen LogP contribution in [0.25, 0.3) is 22.3 Å². The van der Waals surface area contributed by atoms with Gasteiger partial charge < -0.3 is 20.7 Å². The van der Waals surface area contributed by atoms with E-state index in [1.54, 1.807) is 12.3 Å². The van der Waals surface area contributed by atoms with Crippen LogP contribution in [0.2, 0.25) is 0 Å². The van der Waals surface area contributed by atoms with Gasteiger partial charge in [-0.25, -0.2) is 19.6 Å². The predicted molar refractivity (Wildman–Crippen MR) is 165 cm³/mol. The molecule has 3 N–H and O–H groups in total. The van der Waals surface area contributed by atoms with E-state index in [-0.39, 0.29) is 19.4 Å². The SMILES string of the molecule is C.Nc1ncnc2c1c(-c1ccc(Oc3ccccc3)cc1)nn2[C@@H]1CCCN(C(=O)/C=C/CNc2ccccn2)C1. The van der Waals surface area contributed by atoms with Crippen LogP contribution in [0.1, 0.15) is 26.3 Å². The number of fused-ring (bicyclic) bond motifs is 1. The maximum Gasteiger partial charge on any atom is 0.246 e. The van der Waals surface area contributed by atoms with Crippen molar-refractivity contribution in [3.8, 4) is 22.8 Å². The molecule has 4 heterocycles. The number of ether oxygens (including phenoxy) is 1. The summed E-state index contributed by atoms with van der Waals surface area (Å²) in [6.45, 7) is 1.73. The number of hydrogen-bond acceptors (Lipinski definition) is 8. The van der Waals surface area contributed by atoms with E-state index in [0.717, 1.165) is 35.7 Å². The van der Waals surface area contributed by atoms with E-state index >= 15 is 0 Å². The van der Waals surface area contributed by atoms with E-state index in [0.29, 0.717) is 42.2 Å². The Bertz CT molecular complexity index is 1650. The van der Waals surface area contributed by atoms with Crippen LogP contribution in [0.15, 0.2) is 97.5 Å². The van der Waals surface area contributed by atoms with Gasteiger partial charge in [0.25, 0.3) is 0 Å². The molecule has 6 rings (SSSR count). The Hall–Kier alpha value is -5.25. The fourth-order valence-corrected chi connectivity index (χ4v) is 5.01. The van der Waals surface area contributed by atoms with Crippen LogP contribution in [0.4, 0.5) is 11.6 Å². The molecule has 5 aromatic rings. The smallest absolute Gasteiger partial charge is 0.246 e. The number of nitrogens with one attached hydrogen (secondary N) is 1. The predicted octanol–water partition coefficient (Wildman–Crippen LogP) is 5.73. The Balaban J connectivity index is 0.00000353. The molecule has 214 valence electrons. The number of amides is 1. The number of nitrogens with two attached hydrogens (primary N) is 1. The molecule has 1 amide bonds. The number of piperidine rings is 1. The number of nitrogens with zero attached hydrogens (tertiary/aromatic N) is 6. The summed E-state index contributed by atoms with van der Waals surface area (Å²) in [6.07, 6.45) is 8.35. The molecule has 0 radical (unpaired) electrons. The average Bonchev–Trinajstić information content (AvgIpc) is 3.42. The number of carbonyl (C=O) groups is 1. The van der Waals surface area contributed by atoms with Gasteiger partial charge in [-0.05, 0) is 61.4 Å². The van der Waals surface area contributed by atoms with Crippen molar-refractivity contribution in [1.29, 1.82) is 0 Å². The Morgan fingerprint density at radius 2 is 1.79 bits per heavy atom. The summed E-state index contributed by atoms with van der Waals surface area (Å²) in [5, 5.41) is 8.86. The molecule has 1 atom stereocenters. The second-order valence-electron chi connectivity index (χ2n) is 9.77. The third-order valence-corrected chi connectivity index (χ3v) is 7.01. The zero-order chi connectivity index (χ0) is 28.0. The Kier molecular flexibility index (Phi) is 8.72. The van der Waals surface area contributed by atoms with Crippen LogP contribution in [-0.2, 0) is 4.79 Å². The first-order valence-corrected chi connectivity index (χ1v) is 13.6. The van der Waals surface area contributed by atoms with Crippen molar-refractivity contribution in [2.45, 2.75) is 26.3 Å². The van der Waals surface area contributed by atoms with Crippen molar-refractivity contribution >= 4 is 28.6 Å². The third-order valence-electron chi connectivity index (χ3n) is 7.01. The number of aromatic nitrogens is 5. The number of anilines is 2. The lowest BCUT2D eigenvalue weighted by Crippen LogP contribution is -2.40. The van der Waals surface area contributed by atoms with Crippen molar-refractivity contribution in [3.05, 3.63) is 97.5 Å². The molecule has 0 unspecified atom stereocenters. The molecule has 1 aliphatic heterocycles. The van der Waals surface area contributed by atoms with E-state index in [1.165, 1.54) is 6.33 Å². The second-order valence-corrected chi connectivity index (χ2v) is 9.77. The molecule has 3 aromatic heterocycles. The highest BCUT2D eigenvalue weighted by Crippen LogP contribution is 2.34. The van der Waals surface area contributed by atoms with Gasteiger partial charge in [0.05, 0.1) is 11.4 Å². The maximum absolute atomic E-state index is 13.0. The van der Waals surface area contributed by atoms with Gasteiger partial charge in [0.1, 0.15) is 35.2 Å². The molecule has 0 spiro atoms. The molecule has 0 saturated carbocycles. The van der Waals surface area contributed by atoms with E-state index in [1.807, 2.05) is 88.5 Å². The zero-order valence-corrected chi connectivity index (χ0v) is 22.4. The van der Waals surface area contributed by atoms with Crippen LogP contribution >= 0.6 is 0 Å². The van der Waals surface area contributed by atoms with Crippen LogP contribution in [0.3, 0.4) is 0 Å². The highest BCUT2D eigenvalue weighted by Gasteiger charge is 2.28. The van der Waals surface area contributed by atoms with Crippen molar-refractivity contribution in [1.82, 2.24) is 29.6 Å². The molecule has 0 bridgehead atoms. The molecule has 10 nitrogen and oxygen atoms in total. The van der Waals surface area contributed by atoms with Gasteiger partial charge in [0, 0.05) is 37.5 Å². The molecule has 0 aliphatic carbocycles. The van der Waals surface area contributed by atoms with Gasteiger partial charge in [0.15, 0.2) is 5.65 Å². The van der Waals surface area contributed by atoms with Crippen molar-refractivity contribution < 1.29 is 9.53 Å². The normalized spacial score (nSPS) is 15.0. The molecular formula is C32H34N8O2. The van der Waals surface area contributed by atoms with Crippen LogP contribution in [-0.4, -0.2) is 55.2 Å². The summed E-state index contributed by atoms with van der Waals surface area (Å²) in [5.41, 5.74) is 8.58. The number of benzene rings is 2. The summed E-state index contributed by atoms with van der Waals surface area (Å²) in [5.74, 6) is 2.59. The topological polar surface area (TPSA) is 124 Å². The van der Waals surface area contributed by atoms with Gasteiger partial charge in [0.2, 0.25) is 5.91 Å². The van der Waals surface area contributed by atoms with Gasteiger partial charge in [-0.15, -0.1) is 0 Å². The van der Waals surface area contributed by atoms with E-state index in [2.05, 4.69) is 20.3 Å². The van der Waals surface area contributed by atoms with E-state index in [9.17, 15) is 4.79 Å². The summed E-state index contributed by atoms with van der Waals surface area (Å²) >= 11 is 0. The Morgan fingerprint density at radius 3 is 2.57 bits per heavy atom. The number of carbonyl (C=O) groups excluding carboxylic acids is 1. The zero-order valence-electron chi connectivity index (χ0n) is 22.4. The lowest BCUT2D eigenvalue weighted by atomic mass is 10.1. The Labute approximate surface area is 244 Å². The highest BCUT2D eigenvalue weighted by atomic mass is 16.5. The van der Waals surface area contributed by atoms with Crippen LogP contribution in [0.5, 0.6) is 11.5 Å². The largest absolute Gasteiger partial charge is 0.457 e. The van der Waals surface area contributed by atoms with Crippen LogP contribution < -0.4 is 15.8 Å². The highest BCUT2D eigenvalue weighted by molar-refractivity contribution is 5.98. The van der Waals surface area contributed by atoms with Gasteiger partial charge in [-0.3, -0.25) is 4.79 Å². The monoisotopic (exact) mass is 562 g/mol. The lowest BCUT2D eigenvalue weighted by Gasteiger charge is -2.32. The number of rotatable bonds is 8. The van der Waals surface area contributed by atoms with Crippen molar-refractivity contribution in [2.75, 3.05) is 30.7 Å². The first kappa shape index (κ1) is 28.3. The molecule has 1 aliphatic rings. The molecule has 1 saturated heterocycles. The number of likely N-dealkylation sites (tertiary alicyclic amines) is 1. The van der Waals surface area contributed by atoms with Crippen molar-refractivity contribution in [2.24, 2.45) is 0 Å². The van der Waals surface area contributed by atoms with Gasteiger partial charge >= 0.3 is 0 Å². The minimum Gasteiger partial charge on any atom is -0.457 e. The number of pyridine rings is 1. The molecule has 10 heteroatoms. The van der Waals surface area contributed by atoms with E-state index in [4.69, 9.17) is 15.6 Å². The average molecular weight is 563 g/mol. The summed E-state index contributed by atoms with van der Waals surface area (Å²) in [4.78, 5) is 27.9. The lowest BCUT2D eigenvalue weighted by molar-refractivity contribution is -0.127. The minimum absolute atomic E-state index is 0. The number of hydrogen-bond donors (Lipinski definition) is 2.